The average Bonchev–Trinajstić information content (AvgIpc) is 2.39. The van der Waals surface area contributed by atoms with Gasteiger partial charge in [0.05, 0.1) is 13.2 Å². The van der Waals surface area contributed by atoms with E-state index in [9.17, 15) is 10.2 Å². The molecule has 2 aromatic carbocycles. The summed E-state index contributed by atoms with van der Waals surface area (Å²) in [4.78, 5) is 0. The minimum absolute atomic E-state index is 0.111. The van der Waals surface area contributed by atoms with E-state index in [1.165, 1.54) is 0 Å². The van der Waals surface area contributed by atoms with Crippen molar-refractivity contribution in [3.63, 3.8) is 0 Å². The van der Waals surface area contributed by atoms with E-state index < -0.39 is 6.10 Å². The second-order valence-corrected chi connectivity index (χ2v) is 4.09. The van der Waals surface area contributed by atoms with Crippen molar-refractivity contribution in [3.8, 4) is 11.5 Å². The van der Waals surface area contributed by atoms with Crippen LogP contribution in [0.5, 0.6) is 11.5 Å². The summed E-state index contributed by atoms with van der Waals surface area (Å²) in [6.07, 6.45) is -0.343. The van der Waals surface area contributed by atoms with Gasteiger partial charge in [0.15, 0.2) is 0 Å². The van der Waals surface area contributed by atoms with Crippen LogP contribution in [0.15, 0.2) is 48.5 Å². The Morgan fingerprint density at radius 2 is 1.72 bits per heavy atom. The van der Waals surface area contributed by atoms with Gasteiger partial charge in [0.25, 0.3) is 0 Å². The van der Waals surface area contributed by atoms with Crippen LogP contribution >= 0.6 is 0 Å². The molecule has 94 valence electrons. The fourth-order valence-corrected chi connectivity index (χ4v) is 1.96. The van der Waals surface area contributed by atoms with Crippen molar-refractivity contribution in [3.05, 3.63) is 59.7 Å². The van der Waals surface area contributed by atoms with Crippen molar-refractivity contribution in [2.75, 3.05) is 7.11 Å². The zero-order chi connectivity index (χ0) is 13.0. The van der Waals surface area contributed by atoms with E-state index in [-0.39, 0.29) is 5.75 Å². The highest BCUT2D eigenvalue weighted by molar-refractivity contribution is 5.38. The SMILES string of the molecule is COc1ccccc1C[C@@H](O)c1ccccc1O. The average molecular weight is 244 g/mol. The molecule has 0 aromatic heterocycles. The molecule has 3 nitrogen and oxygen atoms in total. The van der Waals surface area contributed by atoms with Gasteiger partial charge in [-0.1, -0.05) is 36.4 Å². The quantitative estimate of drug-likeness (QED) is 0.869. The van der Waals surface area contributed by atoms with Crippen molar-refractivity contribution in [2.45, 2.75) is 12.5 Å². The first-order chi connectivity index (χ1) is 8.72. The number of hydrogen-bond donors (Lipinski definition) is 2. The minimum Gasteiger partial charge on any atom is -0.508 e. The highest BCUT2D eigenvalue weighted by Gasteiger charge is 2.14. The fourth-order valence-electron chi connectivity index (χ4n) is 1.96. The zero-order valence-electron chi connectivity index (χ0n) is 10.2. The third-order valence-corrected chi connectivity index (χ3v) is 2.90. The van der Waals surface area contributed by atoms with E-state index in [1.807, 2.05) is 24.3 Å². The first-order valence-electron chi connectivity index (χ1n) is 5.80. The van der Waals surface area contributed by atoms with Crippen LogP contribution in [-0.4, -0.2) is 17.3 Å². The van der Waals surface area contributed by atoms with Crippen molar-refractivity contribution >= 4 is 0 Å². The van der Waals surface area contributed by atoms with Gasteiger partial charge < -0.3 is 14.9 Å². The molecule has 2 aromatic rings. The number of aliphatic hydroxyl groups is 1. The second kappa shape index (κ2) is 5.56. The number of phenols is 1. The maximum Gasteiger partial charge on any atom is 0.122 e. The first-order valence-corrected chi connectivity index (χ1v) is 5.80. The Morgan fingerprint density at radius 3 is 2.44 bits per heavy atom. The van der Waals surface area contributed by atoms with Gasteiger partial charge in [-0.05, 0) is 17.7 Å². The zero-order valence-corrected chi connectivity index (χ0v) is 10.2. The van der Waals surface area contributed by atoms with E-state index in [1.54, 1.807) is 31.4 Å². The minimum atomic E-state index is -0.748. The van der Waals surface area contributed by atoms with Crippen LogP contribution in [0.2, 0.25) is 0 Å². The molecular weight excluding hydrogens is 228 g/mol. The molecule has 0 aliphatic carbocycles. The van der Waals surface area contributed by atoms with Gasteiger partial charge in [0.1, 0.15) is 11.5 Å². The van der Waals surface area contributed by atoms with Gasteiger partial charge in [-0.2, -0.15) is 0 Å². The van der Waals surface area contributed by atoms with E-state index in [0.29, 0.717) is 12.0 Å². The molecule has 0 heterocycles. The summed E-state index contributed by atoms with van der Waals surface area (Å²) in [5.41, 5.74) is 1.44. The molecule has 3 heteroatoms. The van der Waals surface area contributed by atoms with Crippen molar-refractivity contribution in [1.29, 1.82) is 0 Å². The molecule has 0 spiro atoms. The van der Waals surface area contributed by atoms with Crippen molar-refractivity contribution in [2.24, 2.45) is 0 Å². The van der Waals surface area contributed by atoms with Crippen molar-refractivity contribution < 1.29 is 14.9 Å². The molecule has 1 atom stereocenters. The van der Waals surface area contributed by atoms with Crippen LogP contribution in [-0.2, 0) is 6.42 Å². The summed E-state index contributed by atoms with van der Waals surface area (Å²) in [5, 5.41) is 19.9. The third-order valence-electron chi connectivity index (χ3n) is 2.90. The highest BCUT2D eigenvalue weighted by Crippen LogP contribution is 2.29. The number of aromatic hydroxyl groups is 1. The lowest BCUT2D eigenvalue weighted by Crippen LogP contribution is -2.03. The van der Waals surface area contributed by atoms with E-state index in [0.717, 1.165) is 11.3 Å². The molecule has 0 saturated carbocycles. The monoisotopic (exact) mass is 244 g/mol. The predicted molar refractivity (Wildman–Crippen MR) is 69.8 cm³/mol. The Morgan fingerprint density at radius 1 is 1.06 bits per heavy atom. The van der Waals surface area contributed by atoms with E-state index >= 15 is 0 Å². The summed E-state index contributed by atoms with van der Waals surface area (Å²) in [7, 11) is 1.60. The summed E-state index contributed by atoms with van der Waals surface area (Å²) in [6, 6.07) is 14.4. The molecule has 2 rings (SSSR count). The largest absolute Gasteiger partial charge is 0.508 e. The van der Waals surface area contributed by atoms with Gasteiger partial charge in [-0.25, -0.2) is 0 Å². The number of phenolic OH excluding ortho intramolecular Hbond substituents is 1. The molecule has 0 saturated heterocycles. The molecule has 0 unspecified atom stereocenters. The molecule has 18 heavy (non-hydrogen) atoms. The second-order valence-electron chi connectivity index (χ2n) is 4.09. The summed E-state index contributed by atoms with van der Waals surface area (Å²) in [5.74, 6) is 0.854. The van der Waals surface area contributed by atoms with Crippen LogP contribution in [0.1, 0.15) is 17.2 Å². The summed E-state index contributed by atoms with van der Waals surface area (Å²) >= 11 is 0. The Hall–Kier alpha value is -2.00. The Bertz CT molecular complexity index is 523. The molecular formula is C15H16O3. The molecule has 2 N–H and O–H groups in total. The number of para-hydroxylation sites is 2. The standard InChI is InChI=1S/C15H16O3/c1-18-15-9-5-2-6-11(15)10-14(17)12-7-3-4-8-13(12)16/h2-9,14,16-17H,10H2,1H3/t14-/m1/s1. The van der Waals surface area contributed by atoms with Crippen molar-refractivity contribution in [1.82, 2.24) is 0 Å². The Balaban J connectivity index is 2.21. The molecule has 0 radical (unpaired) electrons. The van der Waals surface area contributed by atoms with Gasteiger partial charge in [0, 0.05) is 12.0 Å². The third kappa shape index (κ3) is 2.63. The molecule has 0 amide bonds. The number of rotatable bonds is 4. The number of benzene rings is 2. The number of aliphatic hydroxyl groups excluding tert-OH is 1. The maximum absolute atomic E-state index is 10.2. The maximum atomic E-state index is 10.2. The summed E-state index contributed by atoms with van der Waals surface area (Å²) in [6.45, 7) is 0. The molecule has 0 fully saturated rings. The van der Waals surface area contributed by atoms with Crippen LogP contribution < -0.4 is 4.74 Å². The summed E-state index contributed by atoms with van der Waals surface area (Å²) < 4.78 is 5.24. The number of hydrogen-bond acceptors (Lipinski definition) is 3. The molecule has 0 aliphatic heterocycles. The van der Waals surface area contributed by atoms with Gasteiger partial charge >= 0.3 is 0 Å². The molecule has 0 bridgehead atoms. The predicted octanol–water partition coefficient (Wildman–Crippen LogP) is 2.68. The number of methoxy groups -OCH3 is 1. The smallest absolute Gasteiger partial charge is 0.122 e. The van der Waals surface area contributed by atoms with Gasteiger partial charge in [-0.3, -0.25) is 0 Å². The first kappa shape index (κ1) is 12.5. The topological polar surface area (TPSA) is 49.7 Å². The van der Waals surface area contributed by atoms with E-state index in [2.05, 4.69) is 0 Å². The Kier molecular flexibility index (Phi) is 3.85. The normalized spacial score (nSPS) is 12.1. The van der Waals surface area contributed by atoms with Crippen LogP contribution in [0.4, 0.5) is 0 Å². The lowest BCUT2D eigenvalue weighted by molar-refractivity contribution is 0.173. The fraction of sp³-hybridized carbons (Fsp3) is 0.200. The van der Waals surface area contributed by atoms with E-state index in [4.69, 9.17) is 4.74 Å². The molecule has 0 aliphatic rings. The van der Waals surface area contributed by atoms with Gasteiger partial charge in [-0.15, -0.1) is 0 Å². The van der Waals surface area contributed by atoms with Crippen LogP contribution in [0.3, 0.4) is 0 Å². The Labute approximate surface area is 106 Å². The highest BCUT2D eigenvalue weighted by atomic mass is 16.5. The lowest BCUT2D eigenvalue weighted by Gasteiger charge is -2.14. The van der Waals surface area contributed by atoms with Crippen LogP contribution in [0, 0.1) is 0 Å². The van der Waals surface area contributed by atoms with Gasteiger partial charge in [0.2, 0.25) is 0 Å². The number of ether oxygens (including phenoxy) is 1. The van der Waals surface area contributed by atoms with Crippen LogP contribution in [0.25, 0.3) is 0 Å². The lowest BCUT2D eigenvalue weighted by atomic mass is 10.00.